The molecule has 1 N–H and O–H groups in total. The van der Waals surface area contributed by atoms with Gasteiger partial charge in [0.25, 0.3) is 0 Å². The maximum atomic E-state index is 5.54. The molecule has 1 aliphatic rings. The van der Waals surface area contributed by atoms with Gasteiger partial charge in [-0.25, -0.2) is 4.99 Å². The molecule has 3 rings (SSSR count). The Labute approximate surface area is 162 Å². The molecular formula is C22H30N4O. The van der Waals surface area contributed by atoms with Crippen LogP contribution in [0.3, 0.4) is 0 Å². The summed E-state index contributed by atoms with van der Waals surface area (Å²) in [6, 6.07) is 21.4. The van der Waals surface area contributed by atoms with Gasteiger partial charge in [-0.15, -0.1) is 0 Å². The first kappa shape index (κ1) is 19.4. The fourth-order valence-corrected chi connectivity index (χ4v) is 3.32. The molecule has 2 aromatic rings. The summed E-state index contributed by atoms with van der Waals surface area (Å²) < 4.78 is 5.54. The van der Waals surface area contributed by atoms with E-state index in [4.69, 9.17) is 9.73 Å². The van der Waals surface area contributed by atoms with Gasteiger partial charge in [0.15, 0.2) is 5.96 Å². The molecule has 0 bridgehead atoms. The summed E-state index contributed by atoms with van der Waals surface area (Å²) in [5.41, 5.74) is 2.54. The number of morpholine rings is 1. The quantitative estimate of drug-likeness (QED) is 0.630. The Bertz CT molecular complexity index is 697. The number of hydrogen-bond donors (Lipinski definition) is 1. The number of aliphatic imine (C=N–C) groups is 1. The van der Waals surface area contributed by atoms with Crippen molar-refractivity contribution in [3.63, 3.8) is 0 Å². The first-order valence-corrected chi connectivity index (χ1v) is 9.60. The molecule has 1 unspecified atom stereocenters. The van der Waals surface area contributed by atoms with Gasteiger partial charge in [-0.05, 0) is 11.1 Å². The normalized spacial score (nSPS) is 16.7. The molecule has 0 aliphatic carbocycles. The number of nitrogens with zero attached hydrogens (tertiary/aromatic N) is 3. The molecule has 0 aromatic heterocycles. The van der Waals surface area contributed by atoms with Crippen LogP contribution < -0.4 is 5.32 Å². The van der Waals surface area contributed by atoms with Crippen molar-refractivity contribution in [2.45, 2.75) is 12.6 Å². The van der Waals surface area contributed by atoms with E-state index in [-0.39, 0.29) is 0 Å². The minimum Gasteiger partial charge on any atom is -0.379 e. The van der Waals surface area contributed by atoms with Crippen LogP contribution in [0.1, 0.15) is 17.2 Å². The number of rotatable bonds is 6. The largest absolute Gasteiger partial charge is 0.379 e. The van der Waals surface area contributed by atoms with Crippen LogP contribution in [0.5, 0.6) is 0 Å². The Morgan fingerprint density at radius 3 is 2.30 bits per heavy atom. The van der Waals surface area contributed by atoms with E-state index >= 15 is 0 Å². The van der Waals surface area contributed by atoms with Crippen molar-refractivity contribution in [2.24, 2.45) is 4.99 Å². The Morgan fingerprint density at radius 2 is 1.67 bits per heavy atom. The highest BCUT2D eigenvalue weighted by Gasteiger charge is 2.22. The van der Waals surface area contributed by atoms with Crippen LogP contribution in [0.4, 0.5) is 0 Å². The topological polar surface area (TPSA) is 40.1 Å². The van der Waals surface area contributed by atoms with E-state index < -0.39 is 0 Å². The van der Waals surface area contributed by atoms with Gasteiger partial charge in [0.05, 0.1) is 25.8 Å². The van der Waals surface area contributed by atoms with Gasteiger partial charge in [0.1, 0.15) is 0 Å². The summed E-state index contributed by atoms with van der Waals surface area (Å²) in [5.74, 6) is 0.910. The second-order valence-electron chi connectivity index (χ2n) is 6.98. The summed E-state index contributed by atoms with van der Waals surface area (Å²) in [4.78, 5) is 9.33. The fourth-order valence-electron chi connectivity index (χ4n) is 3.32. The van der Waals surface area contributed by atoms with Crippen LogP contribution >= 0.6 is 0 Å². The Hall–Kier alpha value is -2.37. The smallest absolute Gasteiger partial charge is 0.193 e. The van der Waals surface area contributed by atoms with Gasteiger partial charge in [-0.3, -0.25) is 4.90 Å². The number of benzene rings is 2. The van der Waals surface area contributed by atoms with E-state index in [0.29, 0.717) is 12.6 Å². The molecule has 144 valence electrons. The minimum absolute atomic E-state index is 0.303. The lowest BCUT2D eigenvalue weighted by Gasteiger charge is -2.35. The minimum atomic E-state index is 0.303. The molecule has 0 radical (unpaired) electrons. The first-order chi connectivity index (χ1) is 13.2. The highest BCUT2D eigenvalue weighted by molar-refractivity contribution is 5.79. The average molecular weight is 367 g/mol. The van der Waals surface area contributed by atoms with E-state index in [1.165, 1.54) is 11.1 Å². The third kappa shape index (κ3) is 5.81. The second kappa shape index (κ2) is 10.1. The second-order valence-corrected chi connectivity index (χ2v) is 6.98. The Balaban J connectivity index is 1.69. The molecular weight excluding hydrogens is 336 g/mol. The highest BCUT2D eigenvalue weighted by atomic mass is 16.5. The van der Waals surface area contributed by atoms with Crippen LogP contribution in [0.2, 0.25) is 0 Å². The van der Waals surface area contributed by atoms with E-state index in [2.05, 4.69) is 64.8 Å². The number of ether oxygens (including phenoxy) is 1. The van der Waals surface area contributed by atoms with Crippen LogP contribution in [0.25, 0.3) is 0 Å². The summed E-state index contributed by atoms with van der Waals surface area (Å²) in [6.07, 6.45) is 0. The molecule has 27 heavy (non-hydrogen) atoms. The molecule has 0 amide bonds. The molecule has 5 heteroatoms. The maximum absolute atomic E-state index is 5.54. The monoisotopic (exact) mass is 366 g/mol. The van der Waals surface area contributed by atoms with Gasteiger partial charge in [-0.2, -0.15) is 0 Å². The number of guanidine groups is 1. The van der Waals surface area contributed by atoms with Crippen molar-refractivity contribution >= 4 is 5.96 Å². The van der Waals surface area contributed by atoms with E-state index in [1.807, 2.05) is 25.1 Å². The maximum Gasteiger partial charge on any atom is 0.193 e. The van der Waals surface area contributed by atoms with Gasteiger partial charge >= 0.3 is 0 Å². The predicted molar refractivity (Wildman–Crippen MR) is 111 cm³/mol. The third-order valence-electron chi connectivity index (χ3n) is 4.80. The van der Waals surface area contributed by atoms with Gasteiger partial charge in [0, 0.05) is 33.7 Å². The van der Waals surface area contributed by atoms with Crippen molar-refractivity contribution in [2.75, 3.05) is 46.9 Å². The Morgan fingerprint density at radius 1 is 1.04 bits per heavy atom. The summed E-state index contributed by atoms with van der Waals surface area (Å²) in [5, 5.41) is 3.58. The predicted octanol–water partition coefficient (Wildman–Crippen LogP) is 2.77. The molecule has 1 aliphatic heterocycles. The van der Waals surface area contributed by atoms with Crippen molar-refractivity contribution in [1.29, 1.82) is 0 Å². The summed E-state index contributed by atoms with van der Waals surface area (Å²) >= 11 is 0. The van der Waals surface area contributed by atoms with Crippen molar-refractivity contribution in [3.8, 4) is 0 Å². The van der Waals surface area contributed by atoms with Crippen molar-refractivity contribution in [3.05, 3.63) is 71.8 Å². The molecule has 0 saturated carbocycles. The molecule has 1 saturated heterocycles. The summed E-state index contributed by atoms with van der Waals surface area (Å²) in [7, 11) is 4.06. The van der Waals surface area contributed by atoms with Crippen molar-refractivity contribution in [1.82, 2.24) is 15.1 Å². The lowest BCUT2D eigenvalue weighted by Crippen LogP contribution is -2.46. The average Bonchev–Trinajstić information content (AvgIpc) is 2.72. The SMILES string of the molecule is CN(C)C(=NCc1ccccc1)NCC(c1ccccc1)N1CCOCC1. The fraction of sp³-hybridized carbons (Fsp3) is 0.409. The molecule has 0 spiro atoms. The van der Waals surface area contributed by atoms with Gasteiger partial charge in [-0.1, -0.05) is 60.7 Å². The highest BCUT2D eigenvalue weighted by Crippen LogP contribution is 2.21. The van der Waals surface area contributed by atoms with Crippen LogP contribution in [-0.2, 0) is 11.3 Å². The molecule has 2 aromatic carbocycles. The van der Waals surface area contributed by atoms with E-state index in [1.54, 1.807) is 0 Å². The number of hydrogen-bond acceptors (Lipinski definition) is 3. The third-order valence-corrected chi connectivity index (χ3v) is 4.80. The lowest BCUT2D eigenvalue weighted by atomic mass is 10.0. The lowest BCUT2D eigenvalue weighted by molar-refractivity contribution is 0.0169. The number of nitrogens with one attached hydrogen (secondary N) is 1. The zero-order valence-corrected chi connectivity index (χ0v) is 16.3. The van der Waals surface area contributed by atoms with E-state index in [9.17, 15) is 0 Å². The molecule has 1 atom stereocenters. The van der Waals surface area contributed by atoms with Gasteiger partial charge < -0.3 is 15.0 Å². The van der Waals surface area contributed by atoms with Crippen LogP contribution in [-0.4, -0.2) is 62.7 Å². The molecule has 1 fully saturated rings. The van der Waals surface area contributed by atoms with Gasteiger partial charge in [0.2, 0.25) is 0 Å². The Kier molecular flexibility index (Phi) is 7.25. The van der Waals surface area contributed by atoms with Crippen molar-refractivity contribution < 1.29 is 4.74 Å². The van der Waals surface area contributed by atoms with Crippen LogP contribution in [0.15, 0.2) is 65.7 Å². The first-order valence-electron chi connectivity index (χ1n) is 9.60. The molecule has 1 heterocycles. The zero-order valence-electron chi connectivity index (χ0n) is 16.3. The standard InChI is InChI=1S/C22H30N4O/c1-25(2)22(23-17-19-9-5-3-6-10-19)24-18-21(20-11-7-4-8-12-20)26-13-15-27-16-14-26/h3-12,21H,13-18H2,1-2H3,(H,23,24). The van der Waals surface area contributed by atoms with Crippen LogP contribution in [0, 0.1) is 0 Å². The zero-order chi connectivity index (χ0) is 18.9. The molecule has 5 nitrogen and oxygen atoms in total. The summed E-state index contributed by atoms with van der Waals surface area (Å²) in [6.45, 7) is 5.00. The van der Waals surface area contributed by atoms with E-state index in [0.717, 1.165) is 38.8 Å².